The van der Waals surface area contributed by atoms with Crippen molar-refractivity contribution in [1.29, 1.82) is 0 Å². The number of thiazole rings is 1. The number of aromatic nitrogens is 4. The molecule has 7 nitrogen and oxygen atoms in total. The number of nitrogen functional groups attached to an aromatic ring is 1. The average Bonchev–Trinajstić information content (AvgIpc) is 3.49. The minimum absolute atomic E-state index is 0.0905. The van der Waals surface area contributed by atoms with Crippen molar-refractivity contribution in [3.8, 4) is 0 Å². The highest BCUT2D eigenvalue weighted by Crippen LogP contribution is 2.52. The van der Waals surface area contributed by atoms with Gasteiger partial charge in [0.1, 0.15) is 10.8 Å². The van der Waals surface area contributed by atoms with Crippen LogP contribution in [-0.4, -0.2) is 33.0 Å². The maximum Gasteiger partial charge on any atom is 0.158 e. The normalized spacial score (nSPS) is 21.8. The summed E-state index contributed by atoms with van der Waals surface area (Å²) in [6.45, 7) is 1.79. The van der Waals surface area contributed by atoms with Crippen molar-refractivity contribution < 1.29 is 0 Å². The van der Waals surface area contributed by atoms with Gasteiger partial charge >= 0.3 is 0 Å². The van der Waals surface area contributed by atoms with Gasteiger partial charge in [0, 0.05) is 41.0 Å². The van der Waals surface area contributed by atoms with Crippen LogP contribution in [0.15, 0.2) is 33.9 Å². The number of piperidine rings is 1. The summed E-state index contributed by atoms with van der Waals surface area (Å²) in [6.07, 6.45) is 8.97. The minimum Gasteiger partial charge on any atom is -0.381 e. The van der Waals surface area contributed by atoms with E-state index in [0.717, 1.165) is 61.6 Å². The van der Waals surface area contributed by atoms with Crippen LogP contribution in [0.25, 0.3) is 0 Å². The third-order valence-corrected chi connectivity index (χ3v) is 9.55. The van der Waals surface area contributed by atoms with E-state index in [-0.39, 0.29) is 11.5 Å². The van der Waals surface area contributed by atoms with Crippen LogP contribution in [-0.2, 0) is 6.42 Å². The molecule has 6 rings (SSSR count). The van der Waals surface area contributed by atoms with E-state index in [4.69, 9.17) is 23.1 Å². The Kier molecular flexibility index (Phi) is 5.05. The lowest BCUT2D eigenvalue weighted by molar-refractivity contribution is 0.187. The number of rotatable bonds is 4. The third-order valence-electron chi connectivity index (χ3n) is 7.02. The first kappa shape index (κ1) is 20.7. The molecule has 1 aliphatic heterocycles. The van der Waals surface area contributed by atoms with Gasteiger partial charge in [-0.2, -0.15) is 0 Å². The topological polar surface area (TPSA) is 107 Å². The second-order valence-corrected chi connectivity index (χ2v) is 11.3. The molecule has 3 aromatic rings. The van der Waals surface area contributed by atoms with E-state index in [1.807, 2.05) is 24.0 Å². The molecule has 2 fully saturated rings. The van der Waals surface area contributed by atoms with E-state index >= 15 is 0 Å². The van der Waals surface area contributed by atoms with Crippen LogP contribution in [0.5, 0.6) is 0 Å². The number of nitrogens with zero attached hydrogens (tertiary/aromatic N) is 5. The zero-order valence-corrected chi connectivity index (χ0v) is 19.9. The molecule has 0 bridgehead atoms. The summed E-state index contributed by atoms with van der Waals surface area (Å²) in [6, 6.07) is 2.00. The zero-order chi connectivity index (χ0) is 21.9. The maximum absolute atomic E-state index is 6.63. The van der Waals surface area contributed by atoms with E-state index in [1.165, 1.54) is 22.3 Å². The van der Waals surface area contributed by atoms with Gasteiger partial charge in [-0.25, -0.2) is 15.0 Å². The summed E-state index contributed by atoms with van der Waals surface area (Å²) < 4.78 is 0. The molecule has 32 heavy (non-hydrogen) atoms. The molecule has 2 aliphatic carbocycles. The van der Waals surface area contributed by atoms with Crippen LogP contribution in [0, 0.1) is 5.41 Å². The molecule has 0 aromatic carbocycles. The van der Waals surface area contributed by atoms with Crippen LogP contribution in [0.1, 0.15) is 53.9 Å². The van der Waals surface area contributed by atoms with Gasteiger partial charge in [-0.15, -0.1) is 11.3 Å². The Labute approximate surface area is 200 Å². The molecular formula is C22H24ClN7S2. The van der Waals surface area contributed by atoms with Crippen LogP contribution in [0.4, 0.5) is 11.6 Å². The Morgan fingerprint density at radius 3 is 2.72 bits per heavy atom. The van der Waals surface area contributed by atoms with E-state index < -0.39 is 0 Å². The lowest BCUT2D eigenvalue weighted by atomic mass is 9.74. The van der Waals surface area contributed by atoms with Gasteiger partial charge in [-0.3, -0.25) is 4.98 Å². The van der Waals surface area contributed by atoms with Crippen LogP contribution in [0.3, 0.4) is 0 Å². The molecule has 166 valence electrons. The van der Waals surface area contributed by atoms with Crippen molar-refractivity contribution in [2.75, 3.05) is 23.7 Å². The Hall–Kier alpha value is -1.94. The highest BCUT2D eigenvalue weighted by atomic mass is 35.5. The summed E-state index contributed by atoms with van der Waals surface area (Å²) >= 11 is 9.75. The van der Waals surface area contributed by atoms with Gasteiger partial charge in [0.05, 0.1) is 28.1 Å². The minimum atomic E-state index is 0.0905. The Morgan fingerprint density at radius 2 is 2.00 bits per heavy atom. The molecular weight excluding hydrogens is 462 g/mol. The molecule has 1 spiro atoms. The fourth-order valence-corrected chi connectivity index (χ4v) is 7.05. The van der Waals surface area contributed by atoms with Gasteiger partial charge in [-0.1, -0.05) is 23.4 Å². The van der Waals surface area contributed by atoms with Crippen LogP contribution in [0.2, 0.25) is 5.02 Å². The van der Waals surface area contributed by atoms with E-state index in [2.05, 4.69) is 24.8 Å². The summed E-state index contributed by atoms with van der Waals surface area (Å²) in [7, 11) is 0. The molecule has 3 aliphatic rings. The largest absolute Gasteiger partial charge is 0.381 e. The molecule has 3 aromatic heterocycles. The third kappa shape index (κ3) is 3.46. The first-order valence-corrected chi connectivity index (χ1v) is 13.0. The fraction of sp³-hybridized carbons (Fsp3) is 0.455. The van der Waals surface area contributed by atoms with Crippen LogP contribution >= 0.6 is 34.7 Å². The second-order valence-electron chi connectivity index (χ2n) is 8.97. The lowest BCUT2D eigenvalue weighted by Crippen LogP contribution is -2.44. The number of anilines is 2. The molecule has 1 atom stereocenters. The lowest BCUT2D eigenvalue weighted by Gasteiger charge is -2.42. The zero-order valence-electron chi connectivity index (χ0n) is 17.5. The number of pyridine rings is 1. The number of nitrogens with two attached hydrogens (primary N) is 2. The molecule has 4 N–H and O–H groups in total. The van der Waals surface area contributed by atoms with Gasteiger partial charge in [0.25, 0.3) is 0 Å². The number of hydrogen-bond donors (Lipinski definition) is 2. The number of fused-ring (bicyclic) bond motifs is 1. The molecule has 0 amide bonds. The van der Waals surface area contributed by atoms with Crippen molar-refractivity contribution in [3.63, 3.8) is 0 Å². The van der Waals surface area contributed by atoms with Crippen molar-refractivity contribution in [3.05, 3.63) is 45.3 Å². The molecule has 1 saturated heterocycles. The van der Waals surface area contributed by atoms with Crippen molar-refractivity contribution in [2.45, 2.75) is 54.0 Å². The van der Waals surface area contributed by atoms with Gasteiger partial charge in [0.15, 0.2) is 5.82 Å². The monoisotopic (exact) mass is 485 g/mol. The molecule has 0 radical (unpaired) electrons. The smallest absolute Gasteiger partial charge is 0.158 e. The molecule has 4 heterocycles. The number of hydrogen-bond acceptors (Lipinski definition) is 9. The average molecular weight is 486 g/mol. The predicted octanol–water partition coefficient (Wildman–Crippen LogP) is 4.44. The highest BCUT2D eigenvalue weighted by molar-refractivity contribution is 7.99. The Bertz CT molecular complexity index is 1170. The highest BCUT2D eigenvalue weighted by Gasteiger charge is 2.47. The Morgan fingerprint density at radius 1 is 1.19 bits per heavy atom. The van der Waals surface area contributed by atoms with Crippen molar-refractivity contribution in [2.24, 2.45) is 11.1 Å². The fourth-order valence-electron chi connectivity index (χ4n) is 4.93. The van der Waals surface area contributed by atoms with E-state index in [0.29, 0.717) is 21.8 Å². The second kappa shape index (κ2) is 7.83. The summed E-state index contributed by atoms with van der Waals surface area (Å²) in [5, 5.41) is 1.38. The molecule has 1 saturated carbocycles. The van der Waals surface area contributed by atoms with Gasteiger partial charge in [0.2, 0.25) is 0 Å². The standard InChI is InChI=1S/C22H24ClN7S2/c23-16-14(3-6-26-17(16)12-1-2-12)32-21-20(25)29-15(10-27-21)30-7-4-22(5-8-30)9-13-18(19(22)24)31-11-28-13/h3,6,10-12,19H,1-2,4-5,7-9,24H2,(H2,25,29)/t19-/m1/s1. The molecule has 10 heteroatoms. The quantitative estimate of drug-likeness (QED) is 0.558. The van der Waals surface area contributed by atoms with Crippen molar-refractivity contribution in [1.82, 2.24) is 19.9 Å². The SMILES string of the molecule is Nc1nc(N2CCC3(CC2)Cc2ncsc2[C@H]3N)cnc1Sc1ccnc(C2CC2)c1Cl. The van der Waals surface area contributed by atoms with Crippen LogP contribution < -0.4 is 16.4 Å². The first-order chi connectivity index (χ1) is 15.5. The summed E-state index contributed by atoms with van der Waals surface area (Å²) in [5.41, 5.74) is 17.2. The first-order valence-electron chi connectivity index (χ1n) is 10.9. The predicted molar refractivity (Wildman–Crippen MR) is 128 cm³/mol. The molecule has 0 unspecified atom stereocenters. The number of halogens is 1. The maximum atomic E-state index is 6.63. The van der Waals surface area contributed by atoms with Gasteiger partial charge < -0.3 is 16.4 Å². The van der Waals surface area contributed by atoms with Gasteiger partial charge in [-0.05, 0) is 43.6 Å². The van der Waals surface area contributed by atoms with Crippen molar-refractivity contribution >= 4 is 46.3 Å². The van der Waals surface area contributed by atoms with E-state index in [9.17, 15) is 0 Å². The van der Waals surface area contributed by atoms with E-state index in [1.54, 1.807) is 11.3 Å². The summed E-state index contributed by atoms with van der Waals surface area (Å²) in [5.74, 6) is 1.74. The summed E-state index contributed by atoms with van der Waals surface area (Å²) in [4.78, 5) is 22.7. The Balaban J connectivity index is 1.16.